The molecule has 140 valence electrons. The zero-order valence-corrected chi connectivity index (χ0v) is 15.9. The summed E-state index contributed by atoms with van der Waals surface area (Å²) in [4.78, 5) is 12.7. The lowest BCUT2D eigenvalue weighted by molar-refractivity contribution is 0.102. The van der Waals surface area contributed by atoms with Crippen LogP contribution in [0.4, 0.5) is 5.82 Å². The molecule has 3 aromatic carbocycles. The summed E-state index contributed by atoms with van der Waals surface area (Å²) in [6.07, 6.45) is 0. The first-order chi connectivity index (χ1) is 13.1. The van der Waals surface area contributed by atoms with E-state index in [2.05, 4.69) is 21.6 Å². The van der Waals surface area contributed by atoms with Gasteiger partial charge in [-0.3, -0.25) is 9.89 Å². The van der Waals surface area contributed by atoms with Gasteiger partial charge in [-0.2, -0.15) is 10.4 Å². The smallest absolute Gasteiger partial charge is 0.256 e. The molecular formula is C21H18ClN5O. The maximum Gasteiger partial charge on any atom is 0.256 e. The Hall–Kier alpha value is -3.40. The molecule has 0 aliphatic rings. The standard InChI is InChI=1S/C21H17N5O.ClH/c1-12-6-18-19(9-17(12)11-23)25-26-20(18)24-21(27)16-5-4-14-7-13(10-22)2-3-15(14)8-16;/h2-9H,10,22H2,1H3,(H2,24,25,26,27);1H. The maximum absolute atomic E-state index is 12.7. The maximum atomic E-state index is 12.7. The van der Waals surface area contributed by atoms with Crippen LogP contribution in [-0.2, 0) is 6.54 Å². The SMILES string of the molecule is Cc1cc2c(NC(=O)c3ccc4cc(CN)ccc4c3)n[nH]c2cc1C#N.Cl. The second kappa shape index (κ2) is 7.69. The number of amides is 1. The second-order valence-corrected chi connectivity index (χ2v) is 6.45. The lowest BCUT2D eigenvalue weighted by Gasteiger charge is -2.06. The van der Waals surface area contributed by atoms with E-state index in [0.29, 0.717) is 29.0 Å². The van der Waals surface area contributed by atoms with Gasteiger partial charge in [-0.15, -0.1) is 12.4 Å². The number of nitriles is 1. The van der Waals surface area contributed by atoms with Gasteiger partial charge in [-0.1, -0.05) is 18.2 Å². The number of nitrogens with one attached hydrogen (secondary N) is 2. The molecule has 0 spiro atoms. The van der Waals surface area contributed by atoms with Crippen LogP contribution in [0.15, 0.2) is 48.5 Å². The van der Waals surface area contributed by atoms with Gasteiger partial charge in [0.1, 0.15) is 0 Å². The normalized spacial score (nSPS) is 10.5. The van der Waals surface area contributed by atoms with Crippen molar-refractivity contribution in [2.75, 3.05) is 5.32 Å². The fourth-order valence-electron chi connectivity index (χ4n) is 3.13. The summed E-state index contributed by atoms with van der Waals surface area (Å²) in [5.41, 5.74) is 9.40. The van der Waals surface area contributed by atoms with Crippen molar-refractivity contribution < 1.29 is 4.79 Å². The summed E-state index contributed by atoms with van der Waals surface area (Å²) in [5.74, 6) is 0.205. The van der Waals surface area contributed by atoms with Gasteiger partial charge in [0.05, 0.1) is 17.1 Å². The van der Waals surface area contributed by atoms with Crippen LogP contribution in [0.5, 0.6) is 0 Å². The van der Waals surface area contributed by atoms with Crippen molar-refractivity contribution >= 4 is 45.8 Å². The molecule has 0 aliphatic heterocycles. The summed E-state index contributed by atoms with van der Waals surface area (Å²) in [5, 5.41) is 21.8. The molecule has 0 radical (unpaired) electrons. The fraction of sp³-hybridized carbons (Fsp3) is 0.0952. The quantitative estimate of drug-likeness (QED) is 0.490. The van der Waals surface area contributed by atoms with Gasteiger partial charge < -0.3 is 11.1 Å². The van der Waals surface area contributed by atoms with Gasteiger partial charge in [-0.25, -0.2) is 0 Å². The molecule has 0 saturated heterocycles. The highest BCUT2D eigenvalue weighted by Gasteiger charge is 2.13. The number of aryl methyl sites for hydroxylation is 1. The molecule has 0 atom stereocenters. The average Bonchev–Trinajstić information content (AvgIpc) is 3.07. The van der Waals surface area contributed by atoms with Crippen molar-refractivity contribution in [3.8, 4) is 6.07 Å². The number of hydrogen-bond acceptors (Lipinski definition) is 4. The Labute approximate surface area is 167 Å². The topological polar surface area (TPSA) is 108 Å². The van der Waals surface area contributed by atoms with Gasteiger partial charge in [0, 0.05) is 17.5 Å². The number of hydrogen-bond donors (Lipinski definition) is 3. The van der Waals surface area contributed by atoms with Crippen LogP contribution in [0.3, 0.4) is 0 Å². The first kappa shape index (κ1) is 19.4. The van der Waals surface area contributed by atoms with Crippen LogP contribution in [0, 0.1) is 18.3 Å². The van der Waals surface area contributed by atoms with Gasteiger partial charge >= 0.3 is 0 Å². The van der Waals surface area contributed by atoms with Crippen LogP contribution in [-0.4, -0.2) is 16.1 Å². The van der Waals surface area contributed by atoms with Gasteiger partial charge in [0.2, 0.25) is 0 Å². The number of rotatable bonds is 3. The largest absolute Gasteiger partial charge is 0.326 e. The Balaban J connectivity index is 0.00000225. The number of anilines is 1. The highest BCUT2D eigenvalue weighted by molar-refractivity contribution is 6.09. The molecule has 0 fully saturated rings. The number of carbonyl (C=O) groups excluding carboxylic acids is 1. The number of H-pyrrole nitrogens is 1. The summed E-state index contributed by atoms with van der Waals surface area (Å²) >= 11 is 0. The second-order valence-electron chi connectivity index (χ2n) is 6.45. The minimum atomic E-state index is -0.241. The number of fused-ring (bicyclic) bond motifs is 2. The third-order valence-corrected chi connectivity index (χ3v) is 4.66. The minimum absolute atomic E-state index is 0. The van der Waals surface area contributed by atoms with E-state index in [1.165, 1.54) is 0 Å². The van der Waals surface area contributed by atoms with E-state index in [1.54, 1.807) is 12.1 Å². The van der Waals surface area contributed by atoms with Crippen molar-refractivity contribution in [1.29, 1.82) is 5.26 Å². The molecular weight excluding hydrogens is 374 g/mol. The Kier molecular flexibility index (Phi) is 5.32. The van der Waals surface area contributed by atoms with Gasteiger partial charge in [0.25, 0.3) is 5.91 Å². The Morgan fingerprint density at radius 1 is 1.18 bits per heavy atom. The van der Waals surface area contributed by atoms with Crippen LogP contribution in [0.25, 0.3) is 21.7 Å². The third-order valence-electron chi connectivity index (χ3n) is 4.66. The highest BCUT2D eigenvalue weighted by Crippen LogP contribution is 2.25. The first-order valence-electron chi connectivity index (χ1n) is 8.52. The molecule has 0 saturated carbocycles. The number of aromatic nitrogens is 2. The molecule has 1 aromatic heterocycles. The molecule has 0 aliphatic carbocycles. The molecule has 6 nitrogen and oxygen atoms in total. The fourth-order valence-corrected chi connectivity index (χ4v) is 3.13. The van der Waals surface area contributed by atoms with E-state index in [0.717, 1.165) is 27.3 Å². The number of carbonyl (C=O) groups is 1. The van der Waals surface area contributed by atoms with E-state index in [-0.39, 0.29) is 18.3 Å². The molecule has 4 N–H and O–H groups in total. The van der Waals surface area contributed by atoms with Crippen molar-refractivity contribution in [2.45, 2.75) is 13.5 Å². The molecule has 28 heavy (non-hydrogen) atoms. The van der Waals surface area contributed by atoms with E-state index >= 15 is 0 Å². The summed E-state index contributed by atoms with van der Waals surface area (Å²) < 4.78 is 0. The van der Waals surface area contributed by atoms with Crippen molar-refractivity contribution in [3.63, 3.8) is 0 Å². The van der Waals surface area contributed by atoms with Crippen molar-refractivity contribution in [3.05, 3.63) is 70.8 Å². The van der Waals surface area contributed by atoms with Crippen molar-refractivity contribution in [2.24, 2.45) is 5.73 Å². The van der Waals surface area contributed by atoms with Crippen molar-refractivity contribution in [1.82, 2.24) is 10.2 Å². The molecule has 1 amide bonds. The first-order valence-corrected chi connectivity index (χ1v) is 8.52. The van der Waals surface area contributed by atoms with E-state index in [1.807, 2.05) is 43.3 Å². The number of nitrogens with two attached hydrogens (primary N) is 1. The predicted molar refractivity (Wildman–Crippen MR) is 113 cm³/mol. The van der Waals surface area contributed by atoms with Crippen LogP contribution >= 0.6 is 12.4 Å². The van der Waals surface area contributed by atoms with E-state index < -0.39 is 0 Å². The van der Waals surface area contributed by atoms with Crippen LogP contribution in [0.2, 0.25) is 0 Å². The lowest BCUT2D eigenvalue weighted by atomic mass is 10.0. The molecule has 7 heteroatoms. The van der Waals surface area contributed by atoms with Gasteiger partial charge in [-0.05, 0) is 59.2 Å². The predicted octanol–water partition coefficient (Wildman–Crippen LogP) is 4.03. The Bertz CT molecular complexity index is 1240. The molecule has 4 rings (SSSR count). The summed E-state index contributed by atoms with van der Waals surface area (Å²) in [6, 6.07) is 17.2. The van der Waals surface area contributed by atoms with Crippen LogP contribution in [0.1, 0.15) is 27.0 Å². The Morgan fingerprint density at radius 3 is 2.68 bits per heavy atom. The highest BCUT2D eigenvalue weighted by atomic mass is 35.5. The third kappa shape index (κ3) is 3.41. The minimum Gasteiger partial charge on any atom is -0.326 e. The number of benzene rings is 3. The van der Waals surface area contributed by atoms with E-state index in [9.17, 15) is 4.79 Å². The monoisotopic (exact) mass is 391 g/mol. The number of aromatic amines is 1. The molecule has 4 aromatic rings. The number of halogens is 1. The molecule has 0 unspecified atom stereocenters. The number of nitrogens with zero attached hydrogens (tertiary/aromatic N) is 2. The summed E-state index contributed by atoms with van der Waals surface area (Å²) in [6.45, 7) is 2.34. The molecule has 1 heterocycles. The lowest BCUT2D eigenvalue weighted by Crippen LogP contribution is -2.12. The van der Waals surface area contributed by atoms with Crippen LogP contribution < -0.4 is 11.1 Å². The van der Waals surface area contributed by atoms with Gasteiger partial charge in [0.15, 0.2) is 5.82 Å². The zero-order valence-electron chi connectivity index (χ0n) is 15.1. The Morgan fingerprint density at radius 2 is 1.93 bits per heavy atom. The van der Waals surface area contributed by atoms with E-state index in [4.69, 9.17) is 11.0 Å². The average molecular weight is 392 g/mol. The summed E-state index contributed by atoms with van der Waals surface area (Å²) in [7, 11) is 0. The zero-order chi connectivity index (χ0) is 19.0. The molecule has 0 bridgehead atoms.